The van der Waals surface area contributed by atoms with E-state index in [0.29, 0.717) is 6.61 Å². The third kappa shape index (κ3) is 3.85. The van der Waals surface area contributed by atoms with Gasteiger partial charge in [-0.25, -0.2) is 4.79 Å². The highest BCUT2D eigenvalue weighted by atomic mass is 32.1. The second-order valence-corrected chi connectivity index (χ2v) is 3.79. The summed E-state index contributed by atoms with van der Waals surface area (Å²) in [4.78, 5) is 12.3. The maximum atomic E-state index is 11.4. The molecule has 0 aliphatic rings. The van der Waals surface area contributed by atoms with Crippen molar-refractivity contribution in [2.75, 3.05) is 20.3 Å². The molecule has 0 amide bonds. The lowest BCUT2D eigenvalue weighted by Gasteiger charge is -2.01. The first-order chi connectivity index (χ1) is 7.77. The average Bonchev–Trinajstić information content (AvgIpc) is 2.78. The van der Waals surface area contributed by atoms with Crippen LogP contribution in [0.4, 0.5) is 0 Å². The third-order valence-corrected chi connectivity index (χ3v) is 2.51. The minimum absolute atomic E-state index is 0.00134. The number of carbonyl (C=O) groups excluding carboxylic acids is 1. The summed E-state index contributed by atoms with van der Waals surface area (Å²) in [7, 11) is 1.51. The van der Waals surface area contributed by atoms with Gasteiger partial charge in [0.15, 0.2) is 0 Å². The van der Waals surface area contributed by atoms with Crippen molar-refractivity contribution in [2.24, 2.45) is 0 Å². The van der Waals surface area contributed by atoms with Crippen LogP contribution in [0.15, 0.2) is 23.1 Å². The van der Waals surface area contributed by atoms with E-state index in [1.165, 1.54) is 24.5 Å². The van der Waals surface area contributed by atoms with E-state index in [1.807, 2.05) is 23.6 Å². The van der Waals surface area contributed by atoms with E-state index in [-0.39, 0.29) is 12.2 Å². The Morgan fingerprint density at radius 3 is 3.00 bits per heavy atom. The van der Waals surface area contributed by atoms with E-state index >= 15 is 0 Å². The Bertz CT molecular complexity index is 403. The van der Waals surface area contributed by atoms with Crippen LogP contribution in [0.5, 0.6) is 0 Å². The Morgan fingerprint density at radius 1 is 1.62 bits per heavy atom. The lowest BCUT2D eigenvalue weighted by molar-refractivity contribution is -0.139. The van der Waals surface area contributed by atoms with E-state index in [1.54, 1.807) is 0 Å². The van der Waals surface area contributed by atoms with Crippen LogP contribution >= 0.6 is 11.3 Å². The Labute approximate surface area is 97.7 Å². The minimum atomic E-state index is -0.618. The summed E-state index contributed by atoms with van der Waals surface area (Å²) in [5.41, 5.74) is -0.00134. The zero-order valence-electron chi connectivity index (χ0n) is 8.80. The molecule has 1 aromatic heterocycles. The molecule has 0 saturated heterocycles. The molecule has 0 fully saturated rings. The molecule has 16 heavy (non-hydrogen) atoms. The lowest BCUT2D eigenvalue weighted by atomic mass is 10.2. The number of hydrogen-bond acceptors (Lipinski definition) is 5. The molecule has 5 heteroatoms. The highest BCUT2D eigenvalue weighted by molar-refractivity contribution is 7.10. The molecule has 1 heterocycles. The molecule has 84 valence electrons. The van der Waals surface area contributed by atoms with Gasteiger partial charge < -0.3 is 9.47 Å². The predicted molar refractivity (Wildman–Crippen MR) is 60.7 cm³/mol. The van der Waals surface area contributed by atoms with Crippen LogP contribution in [-0.4, -0.2) is 26.3 Å². The van der Waals surface area contributed by atoms with Crippen molar-refractivity contribution in [2.45, 2.75) is 0 Å². The van der Waals surface area contributed by atoms with Gasteiger partial charge in [-0.1, -0.05) is 6.07 Å². The Balaban J connectivity index is 2.61. The van der Waals surface area contributed by atoms with Gasteiger partial charge in [0.2, 0.25) is 0 Å². The first kappa shape index (κ1) is 12.4. The van der Waals surface area contributed by atoms with Crippen molar-refractivity contribution >= 4 is 23.4 Å². The van der Waals surface area contributed by atoms with Gasteiger partial charge in [0.25, 0.3) is 0 Å². The summed E-state index contributed by atoms with van der Waals surface area (Å²) >= 11 is 1.45. The number of nitriles is 1. The first-order valence-corrected chi connectivity index (χ1v) is 5.47. The fourth-order valence-corrected chi connectivity index (χ4v) is 1.61. The number of esters is 1. The Morgan fingerprint density at radius 2 is 2.44 bits per heavy atom. The molecule has 0 spiro atoms. The van der Waals surface area contributed by atoms with Crippen LogP contribution in [0.2, 0.25) is 0 Å². The predicted octanol–water partition coefficient (Wildman–Crippen LogP) is 1.84. The molecular weight excluding hydrogens is 226 g/mol. The largest absolute Gasteiger partial charge is 0.459 e. The number of thiophene rings is 1. The van der Waals surface area contributed by atoms with Crippen LogP contribution < -0.4 is 0 Å². The smallest absolute Gasteiger partial charge is 0.349 e. The first-order valence-electron chi connectivity index (χ1n) is 4.59. The van der Waals surface area contributed by atoms with Gasteiger partial charge in [-0.15, -0.1) is 11.3 Å². The molecule has 0 N–H and O–H groups in total. The summed E-state index contributed by atoms with van der Waals surface area (Å²) in [6.07, 6.45) is 1.51. The van der Waals surface area contributed by atoms with Crippen molar-refractivity contribution in [1.29, 1.82) is 5.26 Å². The fraction of sp³-hybridized carbons (Fsp3) is 0.273. The van der Waals surface area contributed by atoms with Crippen molar-refractivity contribution in [3.63, 3.8) is 0 Å². The summed E-state index contributed by atoms with van der Waals surface area (Å²) < 4.78 is 9.57. The summed E-state index contributed by atoms with van der Waals surface area (Å²) in [5, 5.41) is 10.7. The molecule has 0 aliphatic heterocycles. The SMILES string of the molecule is COCCOC(=O)C(C#N)=Cc1cccs1. The molecule has 0 aliphatic carbocycles. The molecule has 0 bridgehead atoms. The van der Waals surface area contributed by atoms with Gasteiger partial charge in [0.1, 0.15) is 18.2 Å². The van der Waals surface area contributed by atoms with Gasteiger partial charge in [-0.2, -0.15) is 5.26 Å². The molecule has 0 atom stereocenters. The zero-order valence-corrected chi connectivity index (χ0v) is 9.62. The molecule has 0 unspecified atom stereocenters. The fourth-order valence-electron chi connectivity index (χ4n) is 0.948. The van der Waals surface area contributed by atoms with E-state index < -0.39 is 5.97 Å². The number of nitrogens with zero attached hydrogens (tertiary/aromatic N) is 1. The maximum Gasteiger partial charge on any atom is 0.349 e. The van der Waals surface area contributed by atoms with Crippen LogP contribution in [0.25, 0.3) is 6.08 Å². The quantitative estimate of drug-likeness (QED) is 0.339. The molecular formula is C11H11NO3S. The highest BCUT2D eigenvalue weighted by Crippen LogP contribution is 2.13. The highest BCUT2D eigenvalue weighted by Gasteiger charge is 2.10. The van der Waals surface area contributed by atoms with Crippen molar-refractivity contribution < 1.29 is 14.3 Å². The van der Waals surface area contributed by atoms with Gasteiger partial charge >= 0.3 is 5.97 Å². The molecule has 1 rings (SSSR count). The second kappa shape index (κ2) is 6.77. The van der Waals surface area contributed by atoms with E-state index in [2.05, 4.69) is 0 Å². The van der Waals surface area contributed by atoms with Crippen molar-refractivity contribution in [3.05, 3.63) is 28.0 Å². The number of methoxy groups -OCH3 is 1. The van der Waals surface area contributed by atoms with Crippen LogP contribution in [0, 0.1) is 11.3 Å². The van der Waals surface area contributed by atoms with Crippen LogP contribution in [0.1, 0.15) is 4.88 Å². The average molecular weight is 237 g/mol. The van der Waals surface area contributed by atoms with Gasteiger partial charge in [-0.3, -0.25) is 0 Å². The third-order valence-electron chi connectivity index (χ3n) is 1.69. The number of carbonyl (C=O) groups is 1. The molecule has 0 radical (unpaired) electrons. The molecule has 0 aromatic carbocycles. The lowest BCUT2D eigenvalue weighted by Crippen LogP contribution is -2.10. The summed E-state index contributed by atoms with van der Waals surface area (Å²) in [6, 6.07) is 5.49. The summed E-state index contributed by atoms with van der Waals surface area (Å²) in [5.74, 6) is -0.618. The van der Waals surface area contributed by atoms with Gasteiger partial charge in [0.05, 0.1) is 6.61 Å². The standard InChI is InChI=1S/C11H11NO3S/c1-14-4-5-15-11(13)9(8-12)7-10-3-2-6-16-10/h2-3,6-7H,4-5H2,1H3. The van der Waals surface area contributed by atoms with E-state index in [0.717, 1.165) is 4.88 Å². The topological polar surface area (TPSA) is 59.3 Å². The second-order valence-electron chi connectivity index (χ2n) is 2.81. The van der Waals surface area contributed by atoms with E-state index in [9.17, 15) is 4.79 Å². The number of rotatable bonds is 5. The van der Waals surface area contributed by atoms with Crippen LogP contribution in [0.3, 0.4) is 0 Å². The molecule has 0 saturated carbocycles. The Hall–Kier alpha value is -1.64. The normalized spacial score (nSPS) is 10.9. The van der Waals surface area contributed by atoms with Gasteiger partial charge in [0, 0.05) is 12.0 Å². The van der Waals surface area contributed by atoms with Gasteiger partial charge in [-0.05, 0) is 17.5 Å². The van der Waals surface area contributed by atoms with Crippen molar-refractivity contribution in [3.8, 4) is 6.07 Å². The van der Waals surface area contributed by atoms with Crippen LogP contribution in [-0.2, 0) is 14.3 Å². The summed E-state index contributed by atoms with van der Waals surface area (Å²) in [6.45, 7) is 0.474. The number of ether oxygens (including phenoxy) is 2. The maximum absolute atomic E-state index is 11.4. The van der Waals surface area contributed by atoms with Crippen molar-refractivity contribution in [1.82, 2.24) is 0 Å². The van der Waals surface area contributed by atoms with E-state index in [4.69, 9.17) is 14.7 Å². The monoisotopic (exact) mass is 237 g/mol. The number of hydrogen-bond donors (Lipinski definition) is 0. The zero-order chi connectivity index (χ0) is 11.8. The Kier molecular flexibility index (Phi) is 5.26. The molecule has 4 nitrogen and oxygen atoms in total. The molecule has 1 aromatic rings. The minimum Gasteiger partial charge on any atom is -0.459 e.